The van der Waals surface area contributed by atoms with E-state index in [4.69, 9.17) is 20.7 Å². The van der Waals surface area contributed by atoms with Crippen LogP contribution >= 0.6 is 0 Å². The molecule has 3 aliphatic rings. The molecule has 7 heteroatoms. The maximum atomic E-state index is 6.26. The molecule has 0 radical (unpaired) electrons. The molecule has 0 saturated carbocycles. The van der Waals surface area contributed by atoms with Crippen molar-refractivity contribution in [2.24, 2.45) is 10.7 Å². The zero-order valence-electron chi connectivity index (χ0n) is 15.7. The molecular weight excluding hydrogens is 338 g/mol. The minimum atomic E-state index is -0.0629. The first-order valence-electron chi connectivity index (χ1n) is 9.77. The number of aromatic nitrogens is 3. The number of hydrogen-bond acceptors (Lipinski definition) is 7. The molecular formula is C20H25N7. The van der Waals surface area contributed by atoms with Crippen molar-refractivity contribution in [1.29, 1.82) is 0 Å². The van der Waals surface area contributed by atoms with Crippen LogP contribution in [0.1, 0.15) is 43.3 Å². The van der Waals surface area contributed by atoms with Crippen LogP contribution in [-0.2, 0) is 13.0 Å². The molecule has 0 spiro atoms. The normalized spacial score (nSPS) is 20.9. The van der Waals surface area contributed by atoms with Gasteiger partial charge in [-0.05, 0) is 44.7 Å². The van der Waals surface area contributed by atoms with E-state index >= 15 is 0 Å². The molecule has 2 N–H and O–H groups in total. The Balaban J connectivity index is 1.41. The Bertz CT molecular complexity index is 895. The van der Waals surface area contributed by atoms with E-state index in [1.165, 1.54) is 0 Å². The van der Waals surface area contributed by atoms with Crippen molar-refractivity contribution in [3.63, 3.8) is 0 Å². The van der Waals surface area contributed by atoms with Gasteiger partial charge in [0.1, 0.15) is 11.5 Å². The smallest absolute Gasteiger partial charge is 0.156 e. The van der Waals surface area contributed by atoms with E-state index in [9.17, 15) is 0 Å². The molecule has 0 aliphatic carbocycles. The average molecular weight is 363 g/mol. The predicted molar refractivity (Wildman–Crippen MR) is 106 cm³/mol. The molecule has 140 valence electrons. The second kappa shape index (κ2) is 6.27. The van der Waals surface area contributed by atoms with Gasteiger partial charge in [0.05, 0.1) is 29.8 Å². The van der Waals surface area contributed by atoms with E-state index in [1.54, 1.807) is 0 Å². The van der Waals surface area contributed by atoms with Gasteiger partial charge < -0.3 is 15.5 Å². The van der Waals surface area contributed by atoms with Gasteiger partial charge in [-0.2, -0.15) is 0 Å². The van der Waals surface area contributed by atoms with E-state index in [1.807, 2.05) is 18.5 Å². The highest BCUT2D eigenvalue weighted by Crippen LogP contribution is 2.30. The third-order valence-electron chi connectivity index (χ3n) is 5.86. The summed E-state index contributed by atoms with van der Waals surface area (Å²) in [6.07, 6.45) is 7.81. The van der Waals surface area contributed by atoms with Crippen molar-refractivity contribution in [3.8, 4) is 0 Å². The van der Waals surface area contributed by atoms with Crippen molar-refractivity contribution in [3.05, 3.63) is 41.6 Å². The highest BCUT2D eigenvalue weighted by Gasteiger charge is 2.31. The van der Waals surface area contributed by atoms with Crippen LogP contribution in [0.15, 0.2) is 29.5 Å². The van der Waals surface area contributed by atoms with E-state index in [-0.39, 0.29) is 5.54 Å². The molecule has 7 nitrogen and oxygen atoms in total. The molecule has 5 rings (SSSR count). The van der Waals surface area contributed by atoms with Gasteiger partial charge in [0.15, 0.2) is 5.84 Å². The fraction of sp³-hybridized carbons (Fsp3) is 0.500. The van der Waals surface area contributed by atoms with Gasteiger partial charge >= 0.3 is 0 Å². The Morgan fingerprint density at radius 1 is 1.11 bits per heavy atom. The number of hydrogen-bond donors (Lipinski definition) is 1. The third-order valence-corrected chi connectivity index (χ3v) is 5.86. The summed E-state index contributed by atoms with van der Waals surface area (Å²) in [5.74, 6) is 1.88. The van der Waals surface area contributed by atoms with Gasteiger partial charge in [-0.3, -0.25) is 9.98 Å². The van der Waals surface area contributed by atoms with Crippen molar-refractivity contribution in [1.82, 2.24) is 15.0 Å². The number of fused-ring (bicyclic) bond motifs is 2. The van der Waals surface area contributed by atoms with Crippen LogP contribution < -0.4 is 15.5 Å². The molecule has 2 aromatic heterocycles. The van der Waals surface area contributed by atoms with Gasteiger partial charge in [-0.1, -0.05) is 0 Å². The molecule has 27 heavy (non-hydrogen) atoms. The number of rotatable bonds is 1. The summed E-state index contributed by atoms with van der Waals surface area (Å²) in [4.78, 5) is 23.5. The van der Waals surface area contributed by atoms with Crippen LogP contribution in [-0.4, -0.2) is 46.0 Å². The first-order chi connectivity index (χ1) is 13.1. The summed E-state index contributed by atoms with van der Waals surface area (Å²) >= 11 is 0. The lowest BCUT2D eigenvalue weighted by molar-refractivity contribution is 0.363. The molecule has 5 heterocycles. The maximum Gasteiger partial charge on any atom is 0.156 e. The third kappa shape index (κ3) is 2.96. The standard InChI is InChI=1S/C20H25N7/c1-20(21)6-10-26(11-7-20)17-13-23-18-15(25-17)12-24-19(18)27-9-3-4-14-16(27)5-2-8-22-14/h2,5,8,13H,3-4,6-7,9-12,21H2,1H3. The summed E-state index contributed by atoms with van der Waals surface area (Å²) in [7, 11) is 0. The summed E-state index contributed by atoms with van der Waals surface area (Å²) in [5.41, 5.74) is 10.4. The summed E-state index contributed by atoms with van der Waals surface area (Å²) in [5, 5.41) is 0. The molecule has 0 amide bonds. The van der Waals surface area contributed by atoms with E-state index in [0.717, 1.165) is 79.7 Å². The molecule has 2 aromatic rings. The maximum absolute atomic E-state index is 6.26. The molecule has 1 saturated heterocycles. The first-order valence-corrected chi connectivity index (χ1v) is 9.77. The van der Waals surface area contributed by atoms with Crippen molar-refractivity contribution < 1.29 is 0 Å². The van der Waals surface area contributed by atoms with Crippen molar-refractivity contribution >= 4 is 17.3 Å². The van der Waals surface area contributed by atoms with Crippen LogP contribution in [0.2, 0.25) is 0 Å². The number of nitrogens with zero attached hydrogens (tertiary/aromatic N) is 6. The average Bonchev–Trinajstić information content (AvgIpc) is 3.10. The Labute approximate surface area is 159 Å². The minimum Gasteiger partial charge on any atom is -0.355 e. The largest absolute Gasteiger partial charge is 0.355 e. The summed E-state index contributed by atoms with van der Waals surface area (Å²) in [6.45, 7) is 5.53. The highest BCUT2D eigenvalue weighted by atomic mass is 15.3. The lowest BCUT2D eigenvalue weighted by atomic mass is 9.91. The second-order valence-corrected chi connectivity index (χ2v) is 8.03. The number of nitrogens with two attached hydrogens (primary N) is 1. The number of anilines is 2. The van der Waals surface area contributed by atoms with Gasteiger partial charge in [-0.25, -0.2) is 9.97 Å². The molecule has 0 aromatic carbocycles. The number of amidine groups is 1. The Hall–Kier alpha value is -2.54. The molecule has 0 unspecified atom stereocenters. The Kier molecular flexibility index (Phi) is 3.86. The van der Waals surface area contributed by atoms with E-state index in [2.05, 4.69) is 27.8 Å². The number of pyridine rings is 1. The van der Waals surface area contributed by atoms with E-state index < -0.39 is 0 Å². The van der Waals surface area contributed by atoms with E-state index in [0.29, 0.717) is 6.54 Å². The topological polar surface area (TPSA) is 83.5 Å². The van der Waals surface area contributed by atoms with Gasteiger partial charge in [0, 0.05) is 31.4 Å². The number of aliphatic imine (C=N–C) groups is 1. The van der Waals surface area contributed by atoms with Crippen LogP contribution in [0.25, 0.3) is 0 Å². The van der Waals surface area contributed by atoms with Crippen LogP contribution in [0.5, 0.6) is 0 Å². The molecule has 1 fully saturated rings. The fourth-order valence-corrected chi connectivity index (χ4v) is 4.16. The highest BCUT2D eigenvalue weighted by molar-refractivity contribution is 6.11. The fourth-order valence-electron chi connectivity index (χ4n) is 4.16. The Morgan fingerprint density at radius 2 is 1.96 bits per heavy atom. The van der Waals surface area contributed by atoms with Gasteiger partial charge in [0.2, 0.25) is 0 Å². The summed E-state index contributed by atoms with van der Waals surface area (Å²) < 4.78 is 0. The first kappa shape index (κ1) is 16.6. The summed E-state index contributed by atoms with van der Waals surface area (Å²) in [6, 6.07) is 4.12. The van der Waals surface area contributed by atoms with Crippen LogP contribution in [0.3, 0.4) is 0 Å². The van der Waals surface area contributed by atoms with Crippen molar-refractivity contribution in [2.75, 3.05) is 29.4 Å². The monoisotopic (exact) mass is 363 g/mol. The number of piperidine rings is 1. The SMILES string of the molecule is CC1(N)CCN(c2cnc3c(n2)CN=C3N2CCCc3ncccc32)CC1. The van der Waals surface area contributed by atoms with Crippen molar-refractivity contribution in [2.45, 2.75) is 44.7 Å². The second-order valence-electron chi connectivity index (χ2n) is 8.03. The zero-order valence-corrected chi connectivity index (χ0v) is 15.7. The molecule has 3 aliphatic heterocycles. The molecule has 0 atom stereocenters. The molecule has 0 bridgehead atoms. The lowest BCUT2D eigenvalue weighted by Gasteiger charge is -2.37. The minimum absolute atomic E-state index is 0.0629. The predicted octanol–water partition coefficient (Wildman–Crippen LogP) is 1.90. The van der Waals surface area contributed by atoms with Gasteiger partial charge in [-0.15, -0.1) is 0 Å². The number of aryl methyl sites for hydroxylation is 1. The quantitative estimate of drug-likeness (QED) is 0.833. The Morgan fingerprint density at radius 3 is 2.81 bits per heavy atom. The van der Waals surface area contributed by atoms with Crippen LogP contribution in [0, 0.1) is 0 Å². The van der Waals surface area contributed by atoms with Crippen LogP contribution in [0.4, 0.5) is 11.5 Å². The lowest BCUT2D eigenvalue weighted by Crippen LogP contribution is -2.48. The van der Waals surface area contributed by atoms with Gasteiger partial charge in [0.25, 0.3) is 0 Å². The zero-order chi connectivity index (χ0) is 18.4.